The predicted molar refractivity (Wildman–Crippen MR) is 55.1 cm³/mol. The Kier molecular flexibility index (Phi) is 4.35. The van der Waals surface area contributed by atoms with Gasteiger partial charge in [0.1, 0.15) is 0 Å². The molecule has 1 heterocycles. The van der Waals surface area contributed by atoms with Crippen molar-refractivity contribution in [2.45, 2.75) is 19.4 Å². The molecule has 0 aromatic heterocycles. The van der Waals surface area contributed by atoms with Crippen molar-refractivity contribution in [1.29, 1.82) is 0 Å². The zero-order valence-electron chi connectivity index (χ0n) is 9.25. The van der Waals surface area contributed by atoms with Crippen molar-refractivity contribution >= 4 is 5.91 Å². The van der Waals surface area contributed by atoms with E-state index in [0.29, 0.717) is 0 Å². The lowest BCUT2D eigenvalue weighted by atomic mass is 10.1. The predicted octanol–water partition coefficient (Wildman–Crippen LogP) is 0.0892. The molecular formula is C10H20N2O2. The van der Waals surface area contributed by atoms with E-state index in [2.05, 4.69) is 5.32 Å². The van der Waals surface area contributed by atoms with Crippen LogP contribution in [-0.4, -0.2) is 50.7 Å². The minimum absolute atomic E-state index is 0.0654. The SMILES string of the molecule is CNCC(C)C(=O)N1CC[C@@H](OC)C1. The largest absolute Gasteiger partial charge is 0.380 e. The highest BCUT2D eigenvalue weighted by atomic mass is 16.5. The lowest BCUT2D eigenvalue weighted by molar-refractivity contribution is -0.134. The van der Waals surface area contributed by atoms with Crippen LogP contribution in [0.25, 0.3) is 0 Å². The minimum atomic E-state index is 0.0654. The lowest BCUT2D eigenvalue weighted by Gasteiger charge is -2.20. The smallest absolute Gasteiger partial charge is 0.226 e. The first-order valence-electron chi connectivity index (χ1n) is 5.15. The van der Waals surface area contributed by atoms with E-state index < -0.39 is 0 Å². The molecule has 0 aromatic carbocycles. The molecule has 1 fully saturated rings. The molecule has 0 aromatic rings. The van der Waals surface area contributed by atoms with Gasteiger partial charge in [-0.2, -0.15) is 0 Å². The molecule has 0 radical (unpaired) electrons. The maximum atomic E-state index is 11.8. The standard InChI is InChI=1S/C10H20N2O2/c1-8(6-11-2)10(13)12-5-4-9(7-12)14-3/h8-9,11H,4-7H2,1-3H3/t8?,9-/m1/s1. The molecule has 1 rings (SSSR count). The van der Waals surface area contributed by atoms with Gasteiger partial charge < -0.3 is 15.0 Å². The molecule has 1 saturated heterocycles. The average molecular weight is 200 g/mol. The Balaban J connectivity index is 2.38. The average Bonchev–Trinajstić information content (AvgIpc) is 2.65. The van der Waals surface area contributed by atoms with Crippen LogP contribution in [-0.2, 0) is 9.53 Å². The molecule has 1 aliphatic rings. The summed E-state index contributed by atoms with van der Waals surface area (Å²) >= 11 is 0. The number of hydrogen-bond acceptors (Lipinski definition) is 3. The first kappa shape index (κ1) is 11.5. The van der Waals surface area contributed by atoms with E-state index in [0.717, 1.165) is 26.1 Å². The van der Waals surface area contributed by atoms with E-state index in [1.807, 2.05) is 18.9 Å². The molecule has 4 heteroatoms. The van der Waals surface area contributed by atoms with Gasteiger partial charge in [-0.1, -0.05) is 6.92 Å². The Hall–Kier alpha value is -0.610. The fourth-order valence-corrected chi connectivity index (χ4v) is 1.83. The van der Waals surface area contributed by atoms with E-state index in [-0.39, 0.29) is 17.9 Å². The maximum Gasteiger partial charge on any atom is 0.226 e. The van der Waals surface area contributed by atoms with Crippen LogP contribution >= 0.6 is 0 Å². The third kappa shape index (κ3) is 2.69. The molecule has 0 bridgehead atoms. The number of carbonyl (C=O) groups is 1. The number of likely N-dealkylation sites (tertiary alicyclic amines) is 1. The van der Waals surface area contributed by atoms with Crippen LogP contribution in [0, 0.1) is 5.92 Å². The zero-order valence-corrected chi connectivity index (χ0v) is 9.25. The summed E-state index contributed by atoms with van der Waals surface area (Å²) < 4.78 is 5.22. The van der Waals surface area contributed by atoms with Crippen molar-refractivity contribution in [2.24, 2.45) is 5.92 Å². The molecule has 1 unspecified atom stereocenters. The van der Waals surface area contributed by atoms with E-state index in [9.17, 15) is 4.79 Å². The van der Waals surface area contributed by atoms with Gasteiger partial charge in [-0.25, -0.2) is 0 Å². The topological polar surface area (TPSA) is 41.6 Å². The first-order chi connectivity index (χ1) is 6.69. The Morgan fingerprint density at radius 3 is 2.93 bits per heavy atom. The highest BCUT2D eigenvalue weighted by Gasteiger charge is 2.28. The quantitative estimate of drug-likeness (QED) is 0.699. The van der Waals surface area contributed by atoms with Gasteiger partial charge in [0.25, 0.3) is 0 Å². The summed E-state index contributed by atoms with van der Waals surface area (Å²) in [5.74, 6) is 0.300. The highest BCUT2D eigenvalue weighted by molar-refractivity contribution is 5.79. The summed E-state index contributed by atoms with van der Waals surface area (Å²) in [6.45, 7) is 4.29. The second-order valence-electron chi connectivity index (χ2n) is 3.89. The number of ether oxygens (including phenoxy) is 1. The Morgan fingerprint density at radius 1 is 1.71 bits per heavy atom. The van der Waals surface area contributed by atoms with Crippen LogP contribution in [0.2, 0.25) is 0 Å². The van der Waals surface area contributed by atoms with Gasteiger partial charge in [-0.3, -0.25) is 4.79 Å². The molecule has 0 spiro atoms. The van der Waals surface area contributed by atoms with E-state index in [4.69, 9.17) is 4.74 Å². The summed E-state index contributed by atoms with van der Waals surface area (Å²) in [7, 11) is 3.57. The van der Waals surface area contributed by atoms with Crippen LogP contribution in [0.15, 0.2) is 0 Å². The lowest BCUT2D eigenvalue weighted by Crippen LogP contribution is -2.37. The van der Waals surface area contributed by atoms with Gasteiger partial charge in [0, 0.05) is 32.7 Å². The molecule has 2 atom stereocenters. The number of nitrogens with one attached hydrogen (secondary N) is 1. The minimum Gasteiger partial charge on any atom is -0.380 e. The van der Waals surface area contributed by atoms with Crippen molar-refractivity contribution in [3.8, 4) is 0 Å². The molecule has 0 saturated carbocycles. The fraction of sp³-hybridized carbons (Fsp3) is 0.900. The molecule has 1 N–H and O–H groups in total. The molecule has 4 nitrogen and oxygen atoms in total. The number of hydrogen-bond donors (Lipinski definition) is 1. The number of amides is 1. The van der Waals surface area contributed by atoms with Crippen LogP contribution in [0.1, 0.15) is 13.3 Å². The summed E-state index contributed by atoms with van der Waals surface area (Å²) in [4.78, 5) is 13.7. The molecular weight excluding hydrogens is 180 g/mol. The fourth-order valence-electron chi connectivity index (χ4n) is 1.83. The van der Waals surface area contributed by atoms with Crippen molar-refractivity contribution in [3.63, 3.8) is 0 Å². The van der Waals surface area contributed by atoms with Crippen LogP contribution in [0.3, 0.4) is 0 Å². The molecule has 1 amide bonds. The second kappa shape index (κ2) is 5.32. The Morgan fingerprint density at radius 2 is 2.43 bits per heavy atom. The normalized spacial score (nSPS) is 23.9. The Labute approximate surface area is 85.6 Å². The van der Waals surface area contributed by atoms with Gasteiger partial charge in [-0.05, 0) is 13.5 Å². The van der Waals surface area contributed by atoms with Gasteiger partial charge >= 0.3 is 0 Å². The van der Waals surface area contributed by atoms with E-state index in [1.165, 1.54) is 0 Å². The monoisotopic (exact) mass is 200 g/mol. The van der Waals surface area contributed by atoms with Crippen molar-refractivity contribution < 1.29 is 9.53 Å². The van der Waals surface area contributed by atoms with Gasteiger partial charge in [0.05, 0.1) is 6.10 Å². The molecule has 14 heavy (non-hydrogen) atoms. The number of methoxy groups -OCH3 is 1. The second-order valence-corrected chi connectivity index (χ2v) is 3.89. The third-order valence-electron chi connectivity index (χ3n) is 2.72. The molecule has 1 aliphatic heterocycles. The summed E-state index contributed by atoms with van der Waals surface area (Å²) in [6.07, 6.45) is 1.20. The van der Waals surface area contributed by atoms with E-state index >= 15 is 0 Å². The van der Waals surface area contributed by atoms with Crippen molar-refractivity contribution in [3.05, 3.63) is 0 Å². The first-order valence-corrected chi connectivity index (χ1v) is 5.15. The zero-order chi connectivity index (χ0) is 10.6. The number of carbonyl (C=O) groups excluding carboxylic acids is 1. The van der Waals surface area contributed by atoms with Crippen molar-refractivity contribution in [1.82, 2.24) is 10.2 Å². The van der Waals surface area contributed by atoms with Crippen LogP contribution in [0.4, 0.5) is 0 Å². The number of rotatable bonds is 4. The third-order valence-corrected chi connectivity index (χ3v) is 2.72. The molecule has 82 valence electrons. The van der Waals surface area contributed by atoms with Crippen LogP contribution < -0.4 is 5.32 Å². The van der Waals surface area contributed by atoms with Gasteiger partial charge in [0.2, 0.25) is 5.91 Å². The Bertz CT molecular complexity index is 197. The van der Waals surface area contributed by atoms with Gasteiger partial charge in [-0.15, -0.1) is 0 Å². The van der Waals surface area contributed by atoms with Crippen molar-refractivity contribution in [2.75, 3.05) is 33.8 Å². The number of nitrogens with zero attached hydrogens (tertiary/aromatic N) is 1. The molecule has 0 aliphatic carbocycles. The van der Waals surface area contributed by atoms with E-state index in [1.54, 1.807) is 7.11 Å². The van der Waals surface area contributed by atoms with Crippen LogP contribution in [0.5, 0.6) is 0 Å². The summed E-state index contributed by atoms with van der Waals surface area (Å²) in [6, 6.07) is 0. The summed E-state index contributed by atoms with van der Waals surface area (Å²) in [5.41, 5.74) is 0. The maximum absolute atomic E-state index is 11.8. The highest BCUT2D eigenvalue weighted by Crippen LogP contribution is 2.14. The summed E-state index contributed by atoms with van der Waals surface area (Å²) in [5, 5.41) is 3.02. The van der Waals surface area contributed by atoms with Gasteiger partial charge in [0.15, 0.2) is 0 Å².